The van der Waals surface area contributed by atoms with Crippen LogP contribution < -0.4 is 5.32 Å². The second kappa shape index (κ2) is 5.21. The van der Waals surface area contributed by atoms with E-state index in [1.807, 2.05) is 0 Å². The van der Waals surface area contributed by atoms with Crippen molar-refractivity contribution in [3.05, 3.63) is 29.3 Å². The number of rotatable bonds is 5. The van der Waals surface area contributed by atoms with Crippen LogP contribution in [0, 0.1) is 12.8 Å². The number of amides is 1. The van der Waals surface area contributed by atoms with Crippen LogP contribution in [0.3, 0.4) is 0 Å². The number of carbonyl (C=O) groups excluding carboxylic acids is 1. The van der Waals surface area contributed by atoms with Gasteiger partial charge in [-0.1, -0.05) is 12.8 Å². The van der Waals surface area contributed by atoms with Crippen molar-refractivity contribution < 1.29 is 14.7 Å². The third kappa shape index (κ3) is 3.32. The largest absolute Gasteiger partial charge is 0.478 e. The third-order valence-electron chi connectivity index (χ3n) is 3.22. The molecule has 0 aromatic heterocycles. The van der Waals surface area contributed by atoms with Gasteiger partial charge in [0.1, 0.15) is 0 Å². The maximum atomic E-state index is 11.6. The summed E-state index contributed by atoms with van der Waals surface area (Å²) in [6.45, 7) is 1.73. The van der Waals surface area contributed by atoms with Crippen LogP contribution >= 0.6 is 0 Å². The summed E-state index contributed by atoms with van der Waals surface area (Å²) in [5.74, 6) is -0.199. The van der Waals surface area contributed by atoms with Crippen LogP contribution in [0.4, 0.5) is 5.69 Å². The highest BCUT2D eigenvalue weighted by atomic mass is 16.4. The smallest absolute Gasteiger partial charge is 0.335 e. The number of hydrogen-bond acceptors (Lipinski definition) is 2. The van der Waals surface area contributed by atoms with E-state index in [2.05, 4.69) is 5.32 Å². The molecule has 2 rings (SSSR count). The molecule has 0 atom stereocenters. The molecule has 1 aromatic rings. The van der Waals surface area contributed by atoms with Gasteiger partial charge in [-0.25, -0.2) is 4.79 Å². The summed E-state index contributed by atoms with van der Waals surface area (Å²) in [5, 5.41) is 11.7. The number of carboxylic acids is 1. The lowest BCUT2D eigenvalue weighted by molar-refractivity contribution is -0.116. The number of carbonyl (C=O) groups is 2. The molecule has 4 heteroatoms. The van der Waals surface area contributed by atoms with Gasteiger partial charge in [0.15, 0.2) is 0 Å². The predicted octanol–water partition coefficient (Wildman–Crippen LogP) is 2.82. The lowest BCUT2D eigenvalue weighted by Gasteiger charge is -2.07. The molecule has 4 nitrogen and oxygen atoms in total. The van der Waals surface area contributed by atoms with Crippen molar-refractivity contribution in [2.24, 2.45) is 5.92 Å². The Bertz CT molecular complexity index is 478. The zero-order valence-corrected chi connectivity index (χ0v) is 10.4. The second-order valence-electron chi connectivity index (χ2n) is 4.87. The van der Waals surface area contributed by atoms with E-state index < -0.39 is 5.97 Å². The molecule has 1 aliphatic carbocycles. The van der Waals surface area contributed by atoms with Crippen LogP contribution in [0.1, 0.15) is 41.6 Å². The van der Waals surface area contributed by atoms with Crippen LogP contribution in [-0.4, -0.2) is 17.0 Å². The molecular weight excluding hydrogens is 230 g/mol. The van der Waals surface area contributed by atoms with Gasteiger partial charge in [-0.3, -0.25) is 4.79 Å². The van der Waals surface area contributed by atoms with Gasteiger partial charge in [-0.05, 0) is 43.0 Å². The SMILES string of the molecule is Cc1cc(NC(=O)CCC2CC2)ccc1C(=O)O. The molecule has 96 valence electrons. The fourth-order valence-electron chi connectivity index (χ4n) is 1.95. The van der Waals surface area contributed by atoms with Crippen LogP contribution in [0.25, 0.3) is 0 Å². The Balaban J connectivity index is 1.94. The second-order valence-corrected chi connectivity index (χ2v) is 4.87. The van der Waals surface area contributed by atoms with Gasteiger partial charge in [0.05, 0.1) is 5.56 Å². The molecule has 0 radical (unpaired) electrons. The normalized spacial score (nSPS) is 14.3. The molecule has 1 aromatic carbocycles. The molecule has 18 heavy (non-hydrogen) atoms. The molecule has 0 bridgehead atoms. The average molecular weight is 247 g/mol. The number of anilines is 1. The van der Waals surface area contributed by atoms with Gasteiger partial charge in [-0.2, -0.15) is 0 Å². The van der Waals surface area contributed by atoms with Gasteiger partial charge < -0.3 is 10.4 Å². The Morgan fingerprint density at radius 1 is 1.39 bits per heavy atom. The molecule has 1 fully saturated rings. The van der Waals surface area contributed by atoms with E-state index in [-0.39, 0.29) is 11.5 Å². The fraction of sp³-hybridized carbons (Fsp3) is 0.429. The lowest BCUT2D eigenvalue weighted by Crippen LogP contribution is -2.12. The first-order chi connectivity index (χ1) is 8.56. The number of aryl methyl sites for hydroxylation is 1. The van der Waals surface area contributed by atoms with Gasteiger partial charge in [0.2, 0.25) is 5.91 Å². The van der Waals surface area contributed by atoms with E-state index in [9.17, 15) is 9.59 Å². The van der Waals surface area contributed by atoms with Crippen LogP contribution in [0.2, 0.25) is 0 Å². The van der Waals surface area contributed by atoms with Gasteiger partial charge >= 0.3 is 5.97 Å². The molecule has 0 unspecified atom stereocenters. The minimum absolute atomic E-state index is 0.00405. The summed E-state index contributed by atoms with van der Waals surface area (Å²) in [5.41, 5.74) is 1.59. The Labute approximate surface area is 106 Å². The molecular formula is C14H17NO3. The van der Waals surface area contributed by atoms with Crippen LogP contribution in [0.15, 0.2) is 18.2 Å². The standard InChI is InChI=1S/C14H17NO3/c1-9-8-11(5-6-12(9)14(17)18)15-13(16)7-4-10-2-3-10/h5-6,8,10H,2-4,7H2,1H3,(H,15,16)(H,17,18). The van der Waals surface area contributed by atoms with E-state index in [1.54, 1.807) is 19.1 Å². The number of hydrogen-bond donors (Lipinski definition) is 2. The molecule has 1 amide bonds. The summed E-state index contributed by atoms with van der Waals surface area (Å²) in [4.78, 5) is 22.5. The number of benzene rings is 1. The lowest BCUT2D eigenvalue weighted by atomic mass is 10.1. The van der Waals surface area contributed by atoms with E-state index in [1.165, 1.54) is 18.9 Å². The first-order valence-electron chi connectivity index (χ1n) is 6.20. The van der Waals surface area contributed by atoms with E-state index in [4.69, 9.17) is 5.11 Å². The van der Waals surface area contributed by atoms with Crippen molar-refractivity contribution in [3.63, 3.8) is 0 Å². The summed E-state index contributed by atoms with van der Waals surface area (Å²) in [6, 6.07) is 4.85. The topological polar surface area (TPSA) is 66.4 Å². The van der Waals surface area contributed by atoms with E-state index in [0.29, 0.717) is 17.7 Å². The molecule has 0 spiro atoms. The summed E-state index contributed by atoms with van der Waals surface area (Å²) in [7, 11) is 0. The van der Waals surface area contributed by atoms with Crippen molar-refractivity contribution in [3.8, 4) is 0 Å². The monoisotopic (exact) mass is 247 g/mol. The van der Waals surface area contributed by atoms with Crippen molar-refractivity contribution in [2.75, 3.05) is 5.32 Å². The first kappa shape index (κ1) is 12.6. The Morgan fingerprint density at radius 3 is 2.67 bits per heavy atom. The van der Waals surface area contributed by atoms with Crippen molar-refractivity contribution >= 4 is 17.6 Å². The summed E-state index contributed by atoms with van der Waals surface area (Å²) in [6.07, 6.45) is 4.00. The molecule has 1 aliphatic rings. The maximum Gasteiger partial charge on any atom is 0.335 e. The highest BCUT2D eigenvalue weighted by Crippen LogP contribution is 2.33. The number of carboxylic acid groups (broad SMARTS) is 1. The van der Waals surface area contributed by atoms with Crippen molar-refractivity contribution in [1.29, 1.82) is 0 Å². The zero-order chi connectivity index (χ0) is 13.1. The predicted molar refractivity (Wildman–Crippen MR) is 68.7 cm³/mol. The van der Waals surface area contributed by atoms with Gasteiger partial charge in [-0.15, -0.1) is 0 Å². The van der Waals surface area contributed by atoms with Crippen molar-refractivity contribution in [2.45, 2.75) is 32.6 Å². The molecule has 0 saturated heterocycles. The highest BCUT2D eigenvalue weighted by Gasteiger charge is 2.21. The third-order valence-corrected chi connectivity index (χ3v) is 3.22. The van der Waals surface area contributed by atoms with E-state index >= 15 is 0 Å². The van der Waals surface area contributed by atoms with Crippen molar-refractivity contribution in [1.82, 2.24) is 0 Å². The average Bonchev–Trinajstić information content (AvgIpc) is 3.09. The quantitative estimate of drug-likeness (QED) is 0.840. The summed E-state index contributed by atoms with van der Waals surface area (Å²) < 4.78 is 0. The van der Waals surface area contributed by atoms with E-state index in [0.717, 1.165) is 12.3 Å². The Morgan fingerprint density at radius 2 is 2.11 bits per heavy atom. The first-order valence-corrected chi connectivity index (χ1v) is 6.20. The van der Waals surface area contributed by atoms with Gasteiger partial charge in [0.25, 0.3) is 0 Å². The molecule has 2 N–H and O–H groups in total. The number of aromatic carboxylic acids is 1. The Hall–Kier alpha value is -1.84. The van der Waals surface area contributed by atoms with Gasteiger partial charge in [0, 0.05) is 12.1 Å². The minimum atomic E-state index is -0.945. The Kier molecular flexibility index (Phi) is 3.65. The summed E-state index contributed by atoms with van der Waals surface area (Å²) >= 11 is 0. The zero-order valence-electron chi connectivity index (χ0n) is 10.4. The molecule has 0 heterocycles. The molecule has 0 aliphatic heterocycles. The highest BCUT2D eigenvalue weighted by molar-refractivity contribution is 5.93. The van der Waals surface area contributed by atoms with Crippen LogP contribution in [0.5, 0.6) is 0 Å². The van der Waals surface area contributed by atoms with Crippen LogP contribution in [-0.2, 0) is 4.79 Å². The molecule has 1 saturated carbocycles. The number of nitrogens with one attached hydrogen (secondary N) is 1. The fourth-order valence-corrected chi connectivity index (χ4v) is 1.95. The maximum absolute atomic E-state index is 11.6. The minimum Gasteiger partial charge on any atom is -0.478 e.